The van der Waals surface area contributed by atoms with Crippen LogP contribution in [0.4, 0.5) is 0 Å². The number of hydrogen-bond acceptors (Lipinski definition) is 3. The van der Waals surface area contributed by atoms with Crippen LogP contribution in [-0.4, -0.2) is 13.0 Å². The highest BCUT2D eigenvalue weighted by Crippen LogP contribution is 2.19. The summed E-state index contributed by atoms with van der Waals surface area (Å²) in [6.07, 6.45) is -0.514. The van der Waals surface area contributed by atoms with E-state index in [1.807, 2.05) is 54.6 Å². The third-order valence-electron chi connectivity index (χ3n) is 4.04. The molecule has 3 aromatic rings. The van der Waals surface area contributed by atoms with Crippen LogP contribution in [-0.2, 0) is 11.3 Å². The number of carbonyl (C=O) groups is 1. The summed E-state index contributed by atoms with van der Waals surface area (Å²) in [5, 5.41) is 2.88. The number of ether oxygens (including phenoxy) is 2. The Morgan fingerprint density at radius 1 is 0.963 bits per heavy atom. The van der Waals surface area contributed by atoms with Gasteiger partial charge in [0.05, 0.1) is 0 Å². The van der Waals surface area contributed by atoms with E-state index in [1.54, 1.807) is 31.4 Å². The maximum Gasteiger partial charge on any atom is 0.253 e. The highest BCUT2D eigenvalue weighted by atomic mass is 79.9. The molecule has 1 N–H and O–H groups in total. The van der Waals surface area contributed by atoms with Gasteiger partial charge in [0, 0.05) is 22.7 Å². The highest BCUT2D eigenvalue weighted by Gasteiger charge is 2.15. The van der Waals surface area contributed by atoms with Gasteiger partial charge in [-0.2, -0.15) is 0 Å². The Bertz CT molecular complexity index is 864. The molecule has 0 bridgehead atoms. The van der Waals surface area contributed by atoms with Gasteiger partial charge in [-0.25, -0.2) is 0 Å². The smallest absolute Gasteiger partial charge is 0.253 e. The monoisotopic (exact) mass is 425 g/mol. The van der Waals surface area contributed by atoms with Crippen LogP contribution in [0, 0.1) is 0 Å². The molecule has 0 aromatic heterocycles. The van der Waals surface area contributed by atoms with Gasteiger partial charge in [-0.05, 0) is 42.0 Å². The van der Waals surface area contributed by atoms with E-state index in [9.17, 15) is 4.79 Å². The molecule has 0 aliphatic heterocycles. The van der Waals surface area contributed by atoms with E-state index >= 15 is 0 Å². The summed E-state index contributed by atoms with van der Waals surface area (Å²) >= 11 is 3.40. The first-order chi connectivity index (χ1) is 13.2. The van der Waals surface area contributed by atoms with Crippen LogP contribution in [0.25, 0.3) is 0 Å². The van der Waals surface area contributed by atoms with Crippen molar-refractivity contribution in [1.82, 2.24) is 5.32 Å². The zero-order chi connectivity index (χ0) is 19.1. The van der Waals surface area contributed by atoms with Crippen molar-refractivity contribution in [3.05, 3.63) is 100 Å². The van der Waals surface area contributed by atoms with Gasteiger partial charge in [-0.1, -0.05) is 58.4 Å². The lowest BCUT2D eigenvalue weighted by Crippen LogP contribution is -2.29. The van der Waals surface area contributed by atoms with Crippen molar-refractivity contribution in [3.63, 3.8) is 0 Å². The molecule has 0 saturated carbocycles. The molecule has 0 aliphatic carbocycles. The third-order valence-corrected chi connectivity index (χ3v) is 4.56. The predicted octanol–water partition coefficient (Wildman–Crippen LogP) is 5.10. The van der Waals surface area contributed by atoms with Crippen molar-refractivity contribution in [2.45, 2.75) is 12.8 Å². The number of carbonyl (C=O) groups excluding carboxylic acids is 1. The lowest BCUT2D eigenvalue weighted by atomic mass is 10.1. The van der Waals surface area contributed by atoms with Crippen LogP contribution >= 0.6 is 15.9 Å². The number of hydrogen-bond donors (Lipinski definition) is 1. The van der Waals surface area contributed by atoms with E-state index in [1.165, 1.54) is 0 Å². The van der Waals surface area contributed by atoms with Crippen molar-refractivity contribution in [1.29, 1.82) is 0 Å². The average molecular weight is 426 g/mol. The third kappa shape index (κ3) is 5.42. The van der Waals surface area contributed by atoms with Gasteiger partial charge in [0.15, 0.2) is 6.23 Å². The predicted molar refractivity (Wildman–Crippen MR) is 109 cm³/mol. The van der Waals surface area contributed by atoms with Crippen molar-refractivity contribution < 1.29 is 14.3 Å². The van der Waals surface area contributed by atoms with Crippen LogP contribution in [0.2, 0.25) is 0 Å². The topological polar surface area (TPSA) is 47.6 Å². The summed E-state index contributed by atoms with van der Waals surface area (Å²) in [6.45, 7) is 0.488. The first kappa shape index (κ1) is 19.1. The van der Waals surface area contributed by atoms with Crippen molar-refractivity contribution in [2.75, 3.05) is 7.11 Å². The van der Waals surface area contributed by atoms with Gasteiger partial charge < -0.3 is 14.8 Å². The molecule has 4 nitrogen and oxygen atoms in total. The summed E-state index contributed by atoms with van der Waals surface area (Å²) in [6, 6.07) is 24.6. The van der Waals surface area contributed by atoms with E-state index in [-0.39, 0.29) is 5.91 Å². The van der Waals surface area contributed by atoms with Gasteiger partial charge in [0.1, 0.15) is 12.4 Å². The van der Waals surface area contributed by atoms with Crippen LogP contribution in [0.1, 0.15) is 27.7 Å². The number of methoxy groups -OCH3 is 1. The molecule has 0 heterocycles. The number of nitrogens with one attached hydrogen (secondary N) is 1. The molecule has 138 valence electrons. The molecule has 0 saturated heterocycles. The molecule has 0 fully saturated rings. The largest absolute Gasteiger partial charge is 0.489 e. The molecule has 1 amide bonds. The first-order valence-electron chi connectivity index (χ1n) is 8.51. The fourth-order valence-corrected chi connectivity index (χ4v) is 2.83. The summed E-state index contributed by atoms with van der Waals surface area (Å²) in [5.41, 5.74) is 2.51. The molecule has 3 rings (SSSR count). The SMILES string of the molecule is COC(NC(=O)c1ccc(OCc2ccccc2)cc1)c1ccc(Br)cc1. The molecular weight excluding hydrogens is 406 g/mol. The molecule has 27 heavy (non-hydrogen) atoms. The van der Waals surface area contributed by atoms with Crippen LogP contribution < -0.4 is 10.1 Å². The van der Waals surface area contributed by atoms with Crippen molar-refractivity contribution in [2.24, 2.45) is 0 Å². The normalized spacial score (nSPS) is 11.6. The minimum Gasteiger partial charge on any atom is -0.489 e. The van der Waals surface area contributed by atoms with E-state index in [2.05, 4.69) is 21.2 Å². The molecule has 0 aliphatic rings. The Labute approximate surface area is 167 Å². The zero-order valence-electron chi connectivity index (χ0n) is 14.9. The lowest BCUT2D eigenvalue weighted by Gasteiger charge is -2.18. The second-order valence-corrected chi connectivity index (χ2v) is 6.86. The lowest BCUT2D eigenvalue weighted by molar-refractivity contribution is 0.0575. The number of rotatable bonds is 7. The molecule has 1 atom stereocenters. The number of benzene rings is 3. The zero-order valence-corrected chi connectivity index (χ0v) is 16.5. The van der Waals surface area contributed by atoms with E-state index < -0.39 is 6.23 Å². The van der Waals surface area contributed by atoms with Gasteiger partial charge in [0.25, 0.3) is 5.91 Å². The molecule has 0 spiro atoms. The highest BCUT2D eigenvalue weighted by molar-refractivity contribution is 9.10. The Morgan fingerprint density at radius 2 is 1.63 bits per heavy atom. The summed E-state index contributed by atoms with van der Waals surface area (Å²) < 4.78 is 12.1. The second-order valence-electron chi connectivity index (χ2n) is 5.94. The Kier molecular flexibility index (Phi) is 6.63. The van der Waals surface area contributed by atoms with Crippen molar-refractivity contribution in [3.8, 4) is 5.75 Å². The van der Waals surface area contributed by atoms with Crippen LogP contribution in [0.3, 0.4) is 0 Å². The average Bonchev–Trinajstić information content (AvgIpc) is 2.72. The first-order valence-corrected chi connectivity index (χ1v) is 9.31. The van der Waals surface area contributed by atoms with Crippen LogP contribution in [0.5, 0.6) is 5.75 Å². The summed E-state index contributed by atoms with van der Waals surface area (Å²) in [7, 11) is 1.56. The standard InChI is InChI=1S/C22H20BrNO3/c1-26-22(18-7-11-19(23)12-8-18)24-21(25)17-9-13-20(14-10-17)27-15-16-5-3-2-4-6-16/h2-14,22H,15H2,1H3,(H,24,25). The quantitative estimate of drug-likeness (QED) is 0.535. The van der Waals surface area contributed by atoms with E-state index in [4.69, 9.17) is 9.47 Å². The number of halogens is 1. The molecule has 1 unspecified atom stereocenters. The Morgan fingerprint density at radius 3 is 2.26 bits per heavy atom. The minimum atomic E-state index is -0.514. The molecule has 0 radical (unpaired) electrons. The maximum absolute atomic E-state index is 12.5. The van der Waals surface area contributed by atoms with Crippen LogP contribution in [0.15, 0.2) is 83.3 Å². The summed E-state index contributed by atoms with van der Waals surface area (Å²) in [4.78, 5) is 12.5. The van der Waals surface area contributed by atoms with Gasteiger partial charge in [-0.3, -0.25) is 4.79 Å². The second kappa shape index (κ2) is 9.35. The van der Waals surface area contributed by atoms with Crippen molar-refractivity contribution >= 4 is 21.8 Å². The Balaban J connectivity index is 1.60. The molecular formula is C22H20BrNO3. The fraction of sp³-hybridized carbons (Fsp3) is 0.136. The van der Waals surface area contributed by atoms with E-state index in [0.29, 0.717) is 17.9 Å². The summed E-state index contributed by atoms with van der Waals surface area (Å²) in [5.74, 6) is 0.506. The van der Waals surface area contributed by atoms with Gasteiger partial charge >= 0.3 is 0 Å². The van der Waals surface area contributed by atoms with E-state index in [0.717, 1.165) is 15.6 Å². The Hall–Kier alpha value is -2.63. The minimum absolute atomic E-state index is 0.209. The fourth-order valence-electron chi connectivity index (χ4n) is 2.56. The van der Waals surface area contributed by atoms with Gasteiger partial charge in [0.2, 0.25) is 0 Å². The molecule has 5 heteroatoms. The molecule has 3 aromatic carbocycles. The number of amides is 1. The maximum atomic E-state index is 12.5. The van der Waals surface area contributed by atoms with Gasteiger partial charge in [-0.15, -0.1) is 0 Å².